The van der Waals surface area contributed by atoms with Gasteiger partial charge in [-0.2, -0.15) is 0 Å². The summed E-state index contributed by atoms with van der Waals surface area (Å²) in [6.07, 6.45) is 9.71. The zero-order valence-corrected chi connectivity index (χ0v) is 14.4. The number of rotatable bonds is 10. The van der Waals surface area contributed by atoms with Gasteiger partial charge in [-0.15, -0.1) is 0 Å². The number of carbonyl (C=O) groups excluding carboxylic acids is 1. The van der Waals surface area contributed by atoms with Crippen LogP contribution < -0.4 is 5.32 Å². The quantitative estimate of drug-likeness (QED) is 0.650. The average molecular weight is 317 g/mol. The summed E-state index contributed by atoms with van der Waals surface area (Å²) in [4.78, 5) is 12.2. The molecule has 0 saturated carbocycles. The van der Waals surface area contributed by atoms with Gasteiger partial charge in [0.15, 0.2) is 5.78 Å². The fourth-order valence-electron chi connectivity index (χ4n) is 3.22. The molecule has 3 heteroatoms. The SMILES string of the molecule is CCCCCCCCc1ccc(CC(=O)[C@@H]2C[C@@H](O)CN2)cc1. The van der Waals surface area contributed by atoms with Crippen LogP contribution in [-0.4, -0.2) is 29.6 Å². The van der Waals surface area contributed by atoms with E-state index in [9.17, 15) is 9.90 Å². The van der Waals surface area contributed by atoms with Crippen LogP contribution in [0.3, 0.4) is 0 Å². The Kier molecular flexibility index (Phi) is 7.77. The molecule has 1 aliphatic heterocycles. The van der Waals surface area contributed by atoms with Gasteiger partial charge in [0.1, 0.15) is 0 Å². The molecule has 0 aliphatic carbocycles. The average Bonchev–Trinajstić information content (AvgIpc) is 2.99. The Balaban J connectivity index is 1.68. The van der Waals surface area contributed by atoms with Crippen molar-refractivity contribution in [2.24, 2.45) is 0 Å². The summed E-state index contributed by atoms with van der Waals surface area (Å²) in [5, 5.41) is 12.6. The summed E-state index contributed by atoms with van der Waals surface area (Å²) in [6, 6.07) is 8.30. The van der Waals surface area contributed by atoms with Crippen LogP contribution in [0, 0.1) is 0 Å². The molecule has 0 bridgehead atoms. The minimum atomic E-state index is -0.372. The van der Waals surface area contributed by atoms with Crippen molar-refractivity contribution in [3.8, 4) is 0 Å². The molecule has 0 aromatic heterocycles. The number of Topliss-reactive ketones (excluding diaryl/α,β-unsaturated/α-hetero) is 1. The highest BCUT2D eigenvalue weighted by atomic mass is 16.3. The van der Waals surface area contributed by atoms with Gasteiger partial charge in [0.05, 0.1) is 12.1 Å². The highest BCUT2D eigenvalue weighted by molar-refractivity contribution is 5.86. The van der Waals surface area contributed by atoms with Crippen molar-refractivity contribution in [2.45, 2.75) is 76.9 Å². The van der Waals surface area contributed by atoms with Crippen LogP contribution in [0.15, 0.2) is 24.3 Å². The zero-order valence-electron chi connectivity index (χ0n) is 14.4. The predicted molar refractivity (Wildman–Crippen MR) is 94.6 cm³/mol. The standard InChI is InChI=1S/C20H31NO2/c1-2-3-4-5-6-7-8-16-9-11-17(12-10-16)13-20(23)19-14-18(22)15-21-19/h9-12,18-19,21-22H,2-8,13-15H2,1H3/t18-,19+/m1/s1. The van der Waals surface area contributed by atoms with Gasteiger partial charge in [-0.05, 0) is 30.4 Å². The van der Waals surface area contributed by atoms with E-state index in [4.69, 9.17) is 0 Å². The molecule has 0 unspecified atom stereocenters. The molecule has 1 aromatic carbocycles. The number of carbonyl (C=O) groups is 1. The summed E-state index contributed by atoms with van der Waals surface area (Å²) in [6.45, 7) is 2.78. The van der Waals surface area contributed by atoms with Gasteiger partial charge in [-0.1, -0.05) is 63.3 Å². The molecule has 1 aromatic rings. The van der Waals surface area contributed by atoms with Gasteiger partial charge in [0.25, 0.3) is 0 Å². The summed E-state index contributed by atoms with van der Waals surface area (Å²) in [5.41, 5.74) is 2.44. The third-order valence-electron chi connectivity index (χ3n) is 4.72. The van der Waals surface area contributed by atoms with Gasteiger partial charge < -0.3 is 10.4 Å². The molecule has 23 heavy (non-hydrogen) atoms. The zero-order chi connectivity index (χ0) is 16.5. The smallest absolute Gasteiger partial charge is 0.154 e. The first-order valence-corrected chi connectivity index (χ1v) is 9.21. The number of β-amino-alcohol motifs (C(OH)–C–C–N with tert-alkyl or cyclic N) is 1. The Labute approximate surface area is 140 Å². The molecule has 1 heterocycles. The van der Waals surface area contributed by atoms with E-state index in [-0.39, 0.29) is 17.9 Å². The number of benzene rings is 1. The second-order valence-electron chi connectivity index (χ2n) is 6.83. The number of aliphatic hydroxyl groups excluding tert-OH is 1. The molecule has 0 spiro atoms. The third-order valence-corrected chi connectivity index (χ3v) is 4.72. The van der Waals surface area contributed by atoms with E-state index < -0.39 is 0 Å². The van der Waals surface area contributed by atoms with Crippen molar-refractivity contribution in [1.29, 1.82) is 0 Å². The highest BCUT2D eigenvalue weighted by Crippen LogP contribution is 2.14. The summed E-state index contributed by atoms with van der Waals surface area (Å²) in [5.74, 6) is 0.185. The van der Waals surface area contributed by atoms with E-state index in [1.807, 2.05) is 0 Å². The van der Waals surface area contributed by atoms with Gasteiger partial charge in [0.2, 0.25) is 0 Å². The van der Waals surface area contributed by atoms with Crippen molar-refractivity contribution in [3.63, 3.8) is 0 Å². The lowest BCUT2D eigenvalue weighted by Crippen LogP contribution is -2.31. The van der Waals surface area contributed by atoms with Crippen LogP contribution >= 0.6 is 0 Å². The molecule has 1 aliphatic rings. The number of unbranched alkanes of at least 4 members (excludes halogenated alkanes) is 5. The topological polar surface area (TPSA) is 49.3 Å². The van der Waals surface area contributed by atoms with Crippen molar-refractivity contribution >= 4 is 5.78 Å². The Hall–Kier alpha value is -1.19. The van der Waals surface area contributed by atoms with Crippen LogP contribution in [0.2, 0.25) is 0 Å². The maximum atomic E-state index is 12.2. The molecule has 0 amide bonds. The molecule has 1 saturated heterocycles. The van der Waals surface area contributed by atoms with Gasteiger partial charge in [-0.25, -0.2) is 0 Å². The predicted octanol–water partition coefficient (Wildman–Crippen LogP) is 3.42. The number of ketones is 1. The van der Waals surface area contributed by atoms with Crippen molar-refractivity contribution in [1.82, 2.24) is 5.32 Å². The highest BCUT2D eigenvalue weighted by Gasteiger charge is 2.27. The minimum Gasteiger partial charge on any atom is -0.392 e. The molecule has 3 nitrogen and oxygen atoms in total. The van der Waals surface area contributed by atoms with Gasteiger partial charge in [-0.3, -0.25) is 4.79 Å². The third kappa shape index (κ3) is 6.44. The van der Waals surface area contributed by atoms with Crippen LogP contribution in [-0.2, 0) is 17.6 Å². The largest absolute Gasteiger partial charge is 0.392 e. The summed E-state index contributed by atoms with van der Waals surface area (Å²) >= 11 is 0. The van der Waals surface area contributed by atoms with Crippen LogP contribution in [0.25, 0.3) is 0 Å². The second-order valence-corrected chi connectivity index (χ2v) is 6.83. The van der Waals surface area contributed by atoms with Gasteiger partial charge in [0, 0.05) is 13.0 Å². The van der Waals surface area contributed by atoms with Gasteiger partial charge >= 0.3 is 0 Å². The molecule has 1 fully saturated rings. The fourth-order valence-corrected chi connectivity index (χ4v) is 3.22. The maximum absolute atomic E-state index is 12.2. The number of hydrogen-bond donors (Lipinski definition) is 2. The Morgan fingerprint density at radius 3 is 2.39 bits per heavy atom. The first kappa shape index (κ1) is 18.2. The second kappa shape index (κ2) is 9.84. The van der Waals surface area contributed by atoms with Crippen LogP contribution in [0.1, 0.15) is 63.0 Å². The molecule has 128 valence electrons. The Bertz CT molecular complexity index is 469. The number of nitrogens with one attached hydrogen (secondary N) is 1. The lowest BCUT2D eigenvalue weighted by Gasteiger charge is -2.09. The lowest BCUT2D eigenvalue weighted by molar-refractivity contribution is -0.120. The number of hydrogen-bond acceptors (Lipinski definition) is 3. The molecular weight excluding hydrogens is 286 g/mol. The first-order valence-electron chi connectivity index (χ1n) is 9.21. The van der Waals surface area contributed by atoms with E-state index in [0.717, 1.165) is 12.0 Å². The summed E-state index contributed by atoms with van der Waals surface area (Å²) < 4.78 is 0. The number of aryl methyl sites for hydroxylation is 1. The van der Waals surface area contributed by atoms with Crippen molar-refractivity contribution in [3.05, 3.63) is 35.4 Å². The molecule has 2 rings (SSSR count). The Morgan fingerprint density at radius 2 is 1.74 bits per heavy atom. The monoisotopic (exact) mass is 317 g/mol. The van der Waals surface area contributed by atoms with Crippen molar-refractivity contribution in [2.75, 3.05) is 6.54 Å². The van der Waals surface area contributed by atoms with E-state index in [0.29, 0.717) is 19.4 Å². The number of aliphatic hydroxyl groups is 1. The van der Waals surface area contributed by atoms with E-state index in [1.165, 1.54) is 44.1 Å². The molecular formula is C20H31NO2. The molecule has 0 radical (unpaired) electrons. The van der Waals surface area contributed by atoms with E-state index in [2.05, 4.69) is 36.5 Å². The normalized spacial score (nSPS) is 20.8. The Morgan fingerprint density at radius 1 is 1.09 bits per heavy atom. The van der Waals surface area contributed by atoms with Crippen LogP contribution in [0.4, 0.5) is 0 Å². The fraction of sp³-hybridized carbons (Fsp3) is 0.650. The van der Waals surface area contributed by atoms with E-state index >= 15 is 0 Å². The maximum Gasteiger partial charge on any atom is 0.154 e. The minimum absolute atomic E-state index is 0.173. The molecule has 2 atom stereocenters. The van der Waals surface area contributed by atoms with Crippen LogP contribution in [0.5, 0.6) is 0 Å². The van der Waals surface area contributed by atoms with Crippen molar-refractivity contribution < 1.29 is 9.90 Å². The lowest BCUT2D eigenvalue weighted by atomic mass is 9.99. The first-order chi connectivity index (χ1) is 11.2. The molecule has 2 N–H and O–H groups in total. The summed E-state index contributed by atoms with van der Waals surface area (Å²) in [7, 11) is 0. The van der Waals surface area contributed by atoms with E-state index in [1.54, 1.807) is 0 Å².